The Morgan fingerprint density at radius 3 is 2.14 bits per heavy atom. The van der Waals surface area contributed by atoms with Crippen LogP contribution in [0.5, 0.6) is 0 Å². The maximum Gasteiger partial charge on any atom is 0.132 e. The van der Waals surface area contributed by atoms with E-state index in [9.17, 15) is 0 Å². The van der Waals surface area contributed by atoms with Crippen LogP contribution in [0.4, 0.5) is 0 Å². The lowest BCUT2D eigenvalue weighted by atomic mass is 9.86. The summed E-state index contributed by atoms with van der Waals surface area (Å²) in [5.74, 6) is 1.01. The second-order valence-electron chi connectivity index (χ2n) is 6.10. The molecule has 1 saturated carbocycles. The van der Waals surface area contributed by atoms with Gasteiger partial charge in [0.15, 0.2) is 0 Å². The van der Waals surface area contributed by atoms with E-state index in [2.05, 4.69) is 60.7 Å². The van der Waals surface area contributed by atoms with Crippen LogP contribution >= 0.6 is 11.8 Å². The lowest BCUT2D eigenvalue weighted by Gasteiger charge is -2.17. The normalized spacial score (nSPS) is 26.1. The Morgan fingerprint density at radius 2 is 1.48 bits per heavy atom. The summed E-state index contributed by atoms with van der Waals surface area (Å²) in [6, 6.07) is 21.5. The largest absolute Gasteiger partial charge is 0.357 e. The minimum Gasteiger partial charge on any atom is -0.357 e. The van der Waals surface area contributed by atoms with E-state index in [4.69, 9.17) is 4.74 Å². The highest BCUT2D eigenvalue weighted by Crippen LogP contribution is 2.64. The van der Waals surface area contributed by atoms with Gasteiger partial charge in [0.05, 0.1) is 0 Å². The summed E-state index contributed by atoms with van der Waals surface area (Å²) in [5, 5.41) is 0. The second-order valence-corrected chi connectivity index (χ2v) is 7.15. The standard InChI is InChI=1S/C19H20OS/c1-3-9-16(10-4-1)19(18(20-19)13-7-8-14-18)15-21-17-11-5-2-6-12-17/h1-6,9-12H,7-8,13-15H2. The maximum absolute atomic E-state index is 6.44. The van der Waals surface area contributed by atoms with Crippen LogP contribution < -0.4 is 0 Å². The molecule has 1 aliphatic heterocycles. The molecular formula is C19H20OS. The van der Waals surface area contributed by atoms with Crippen molar-refractivity contribution in [2.75, 3.05) is 5.75 Å². The summed E-state index contributed by atoms with van der Waals surface area (Å²) in [6.45, 7) is 0. The summed E-state index contributed by atoms with van der Waals surface area (Å²) in [7, 11) is 0. The van der Waals surface area contributed by atoms with E-state index in [-0.39, 0.29) is 11.2 Å². The maximum atomic E-state index is 6.44. The Kier molecular flexibility index (Phi) is 3.31. The topological polar surface area (TPSA) is 12.5 Å². The molecule has 2 aliphatic rings. The number of thioether (sulfide) groups is 1. The molecule has 1 spiro atoms. The third-order valence-electron chi connectivity index (χ3n) is 4.90. The molecule has 2 aromatic rings. The van der Waals surface area contributed by atoms with E-state index in [0.717, 1.165) is 5.75 Å². The minimum atomic E-state index is -0.0642. The molecule has 2 aromatic carbocycles. The first-order chi connectivity index (χ1) is 10.3. The Hall–Kier alpha value is -1.25. The van der Waals surface area contributed by atoms with Gasteiger partial charge in [0.25, 0.3) is 0 Å². The number of rotatable bonds is 4. The van der Waals surface area contributed by atoms with Crippen molar-refractivity contribution in [2.45, 2.75) is 41.8 Å². The van der Waals surface area contributed by atoms with E-state index in [1.165, 1.54) is 36.1 Å². The SMILES string of the molecule is c1ccc(SCC2(c3ccccc3)OC23CCCC3)cc1. The van der Waals surface area contributed by atoms with Crippen molar-refractivity contribution < 1.29 is 4.74 Å². The minimum absolute atomic E-state index is 0.0642. The first-order valence-corrected chi connectivity index (χ1v) is 8.77. The van der Waals surface area contributed by atoms with Crippen LogP contribution in [0.3, 0.4) is 0 Å². The average Bonchev–Trinajstić information content (AvgIpc) is 2.92. The van der Waals surface area contributed by atoms with E-state index >= 15 is 0 Å². The van der Waals surface area contributed by atoms with Gasteiger partial charge in [0, 0.05) is 10.6 Å². The lowest BCUT2D eigenvalue weighted by molar-refractivity contribution is 0.273. The monoisotopic (exact) mass is 296 g/mol. The smallest absolute Gasteiger partial charge is 0.132 e. The van der Waals surface area contributed by atoms with Crippen LogP contribution in [0.25, 0.3) is 0 Å². The zero-order valence-corrected chi connectivity index (χ0v) is 12.9. The van der Waals surface area contributed by atoms with Gasteiger partial charge in [-0.2, -0.15) is 0 Å². The van der Waals surface area contributed by atoms with Crippen molar-refractivity contribution in [1.82, 2.24) is 0 Å². The molecule has 1 atom stereocenters. The molecular weight excluding hydrogens is 276 g/mol. The molecule has 108 valence electrons. The van der Waals surface area contributed by atoms with Gasteiger partial charge in [0.1, 0.15) is 11.2 Å². The third-order valence-corrected chi connectivity index (χ3v) is 6.06. The van der Waals surface area contributed by atoms with Crippen molar-refractivity contribution in [3.63, 3.8) is 0 Å². The van der Waals surface area contributed by atoms with Crippen LogP contribution in [-0.2, 0) is 10.3 Å². The summed E-state index contributed by atoms with van der Waals surface area (Å²) >= 11 is 1.92. The molecule has 1 heterocycles. The van der Waals surface area contributed by atoms with Crippen LogP contribution in [0, 0.1) is 0 Å². The van der Waals surface area contributed by atoms with Crippen molar-refractivity contribution in [3.8, 4) is 0 Å². The molecule has 0 N–H and O–H groups in total. The number of benzene rings is 2. The number of epoxide rings is 1. The molecule has 21 heavy (non-hydrogen) atoms. The van der Waals surface area contributed by atoms with Gasteiger partial charge >= 0.3 is 0 Å². The van der Waals surface area contributed by atoms with Gasteiger partial charge in [0.2, 0.25) is 0 Å². The van der Waals surface area contributed by atoms with Crippen LogP contribution in [0.1, 0.15) is 31.2 Å². The highest BCUT2D eigenvalue weighted by Gasteiger charge is 2.70. The number of hydrogen-bond donors (Lipinski definition) is 0. The van der Waals surface area contributed by atoms with Crippen molar-refractivity contribution in [3.05, 3.63) is 66.2 Å². The molecule has 2 heteroatoms. The Labute approximate surface area is 130 Å². The summed E-state index contributed by atoms with van der Waals surface area (Å²) in [6.07, 6.45) is 5.06. The van der Waals surface area contributed by atoms with Gasteiger partial charge in [-0.3, -0.25) is 0 Å². The van der Waals surface area contributed by atoms with E-state index < -0.39 is 0 Å². The molecule has 1 aliphatic carbocycles. The number of ether oxygens (including phenoxy) is 1. The van der Waals surface area contributed by atoms with Crippen molar-refractivity contribution in [1.29, 1.82) is 0 Å². The Morgan fingerprint density at radius 1 is 0.857 bits per heavy atom. The van der Waals surface area contributed by atoms with Gasteiger partial charge in [-0.25, -0.2) is 0 Å². The quantitative estimate of drug-likeness (QED) is 0.580. The molecule has 2 fully saturated rings. The van der Waals surface area contributed by atoms with Gasteiger partial charge in [-0.05, 0) is 30.5 Å². The molecule has 0 aromatic heterocycles. The fraction of sp³-hybridized carbons (Fsp3) is 0.368. The average molecular weight is 296 g/mol. The van der Waals surface area contributed by atoms with Crippen molar-refractivity contribution >= 4 is 11.8 Å². The highest BCUT2D eigenvalue weighted by atomic mass is 32.2. The molecule has 1 saturated heterocycles. The molecule has 1 unspecified atom stereocenters. The van der Waals surface area contributed by atoms with Crippen LogP contribution in [0.15, 0.2) is 65.6 Å². The molecule has 4 rings (SSSR count). The lowest BCUT2D eigenvalue weighted by Crippen LogP contribution is -2.24. The highest BCUT2D eigenvalue weighted by molar-refractivity contribution is 7.99. The molecule has 0 bridgehead atoms. The van der Waals surface area contributed by atoms with Crippen LogP contribution in [0.2, 0.25) is 0 Å². The predicted molar refractivity (Wildman–Crippen MR) is 87.6 cm³/mol. The van der Waals surface area contributed by atoms with Gasteiger partial charge < -0.3 is 4.74 Å². The van der Waals surface area contributed by atoms with Crippen LogP contribution in [-0.4, -0.2) is 11.4 Å². The first-order valence-electron chi connectivity index (χ1n) is 7.78. The summed E-state index contributed by atoms with van der Waals surface area (Å²) in [4.78, 5) is 1.33. The first kappa shape index (κ1) is 13.4. The van der Waals surface area contributed by atoms with Gasteiger partial charge in [-0.1, -0.05) is 61.4 Å². The predicted octanol–water partition coefficient (Wildman–Crippen LogP) is 5.02. The van der Waals surface area contributed by atoms with E-state index in [1.54, 1.807) is 0 Å². The third kappa shape index (κ3) is 2.21. The molecule has 1 nitrogen and oxygen atoms in total. The molecule has 0 amide bonds. The van der Waals surface area contributed by atoms with E-state index in [0.29, 0.717) is 0 Å². The fourth-order valence-electron chi connectivity index (χ4n) is 3.74. The second kappa shape index (κ2) is 5.19. The van der Waals surface area contributed by atoms with Crippen molar-refractivity contribution in [2.24, 2.45) is 0 Å². The zero-order chi connectivity index (χ0) is 14.2. The van der Waals surface area contributed by atoms with Gasteiger partial charge in [-0.15, -0.1) is 11.8 Å². The summed E-state index contributed by atoms with van der Waals surface area (Å²) < 4.78 is 6.44. The zero-order valence-electron chi connectivity index (χ0n) is 12.1. The summed E-state index contributed by atoms with van der Waals surface area (Å²) in [5.41, 5.74) is 1.41. The Bertz CT molecular complexity index is 604. The van der Waals surface area contributed by atoms with E-state index in [1.807, 2.05) is 11.8 Å². The number of hydrogen-bond acceptors (Lipinski definition) is 2. The fourth-order valence-corrected chi connectivity index (χ4v) is 4.94. The molecule has 0 radical (unpaired) electrons. The Balaban J connectivity index is 1.60.